The zero-order valence-corrected chi connectivity index (χ0v) is 10.8. The highest BCUT2D eigenvalue weighted by Crippen LogP contribution is 2.37. The van der Waals surface area contributed by atoms with Crippen molar-refractivity contribution in [2.45, 2.75) is 32.2 Å². The van der Waals surface area contributed by atoms with Crippen molar-refractivity contribution in [3.05, 3.63) is 27.7 Å². The van der Waals surface area contributed by atoms with Crippen LogP contribution in [0.25, 0.3) is 0 Å². The van der Waals surface area contributed by atoms with E-state index in [4.69, 9.17) is 0 Å². The Morgan fingerprint density at radius 1 is 1.61 bits per heavy atom. The molecule has 1 amide bonds. The topological polar surface area (TPSA) is 83.6 Å². The Kier molecular flexibility index (Phi) is 2.83. The number of carbonyl (C=O) groups excluding carboxylic acids is 1. The van der Waals surface area contributed by atoms with E-state index in [1.807, 2.05) is 6.92 Å². The van der Waals surface area contributed by atoms with Crippen molar-refractivity contribution >= 4 is 17.2 Å². The molecule has 2 aromatic heterocycles. The van der Waals surface area contributed by atoms with Gasteiger partial charge in [-0.25, -0.2) is 9.97 Å². The number of nitrogens with zero attached hydrogens (tertiary/aromatic N) is 3. The van der Waals surface area contributed by atoms with Gasteiger partial charge < -0.3 is 5.32 Å². The molecule has 7 heteroatoms. The maximum Gasteiger partial charge on any atom is 0.291 e. The highest BCUT2D eigenvalue weighted by atomic mass is 32.1. The largest absolute Gasteiger partial charge is 0.343 e. The van der Waals surface area contributed by atoms with E-state index in [0.717, 1.165) is 28.6 Å². The highest BCUT2D eigenvalue weighted by molar-refractivity contribution is 7.11. The summed E-state index contributed by atoms with van der Waals surface area (Å²) in [4.78, 5) is 21.3. The van der Waals surface area contributed by atoms with E-state index in [0.29, 0.717) is 12.5 Å². The molecule has 1 aliphatic carbocycles. The fourth-order valence-electron chi connectivity index (χ4n) is 1.63. The van der Waals surface area contributed by atoms with Gasteiger partial charge in [0.1, 0.15) is 10.8 Å². The lowest BCUT2D eigenvalue weighted by Gasteiger charge is -1.98. The molecule has 0 saturated heterocycles. The second kappa shape index (κ2) is 4.49. The Balaban J connectivity index is 1.59. The van der Waals surface area contributed by atoms with Gasteiger partial charge in [-0.1, -0.05) is 0 Å². The van der Waals surface area contributed by atoms with Crippen molar-refractivity contribution in [3.8, 4) is 0 Å². The second-order valence-corrected chi connectivity index (χ2v) is 5.69. The summed E-state index contributed by atoms with van der Waals surface area (Å²) in [5, 5.41) is 10.4. The average molecular weight is 263 g/mol. The fourth-order valence-corrected chi connectivity index (χ4v) is 2.36. The Morgan fingerprint density at radius 2 is 2.44 bits per heavy atom. The maximum absolute atomic E-state index is 11.8. The van der Waals surface area contributed by atoms with Gasteiger partial charge in [0.2, 0.25) is 5.82 Å². The standard InChI is InChI=1S/C11H13N5OS/c1-6-4-12-8(18-6)5-13-11(17)10-14-9(15-16-10)7-2-3-7/h4,7H,2-3,5H2,1H3,(H,13,17)(H,14,15,16). The first-order valence-corrected chi connectivity index (χ1v) is 6.66. The zero-order valence-electron chi connectivity index (χ0n) is 9.93. The molecule has 1 aliphatic rings. The summed E-state index contributed by atoms with van der Waals surface area (Å²) in [6.45, 7) is 2.41. The van der Waals surface area contributed by atoms with Crippen LogP contribution in [-0.4, -0.2) is 26.1 Å². The molecule has 1 fully saturated rings. The lowest BCUT2D eigenvalue weighted by atomic mass is 10.4. The van der Waals surface area contributed by atoms with E-state index in [1.54, 1.807) is 17.5 Å². The molecule has 0 atom stereocenters. The monoisotopic (exact) mass is 263 g/mol. The SMILES string of the molecule is Cc1cnc(CNC(=O)c2n[nH]c(C3CC3)n2)s1. The predicted molar refractivity (Wildman–Crippen MR) is 66.4 cm³/mol. The van der Waals surface area contributed by atoms with Crippen LogP contribution in [-0.2, 0) is 6.54 Å². The number of hydrogen-bond donors (Lipinski definition) is 2. The average Bonchev–Trinajstić information content (AvgIpc) is 2.94. The number of H-pyrrole nitrogens is 1. The Hall–Kier alpha value is -1.76. The molecule has 3 rings (SSSR count). The van der Waals surface area contributed by atoms with E-state index < -0.39 is 0 Å². The Bertz CT molecular complexity index is 572. The van der Waals surface area contributed by atoms with Crippen molar-refractivity contribution in [1.29, 1.82) is 0 Å². The fraction of sp³-hybridized carbons (Fsp3) is 0.455. The number of amides is 1. The van der Waals surface area contributed by atoms with Crippen LogP contribution in [0.3, 0.4) is 0 Å². The molecule has 0 bridgehead atoms. The van der Waals surface area contributed by atoms with Gasteiger partial charge in [0.25, 0.3) is 5.91 Å². The van der Waals surface area contributed by atoms with Gasteiger partial charge in [0.05, 0.1) is 6.54 Å². The molecule has 0 aromatic carbocycles. The molecule has 0 aliphatic heterocycles. The lowest BCUT2D eigenvalue weighted by molar-refractivity contribution is 0.0941. The van der Waals surface area contributed by atoms with Gasteiger partial charge in [-0.3, -0.25) is 9.89 Å². The van der Waals surface area contributed by atoms with Gasteiger partial charge >= 0.3 is 0 Å². The number of rotatable bonds is 4. The van der Waals surface area contributed by atoms with E-state index >= 15 is 0 Å². The minimum atomic E-state index is -0.258. The minimum absolute atomic E-state index is 0.213. The third-order valence-corrected chi connectivity index (χ3v) is 3.65. The van der Waals surface area contributed by atoms with Crippen LogP contribution in [0.15, 0.2) is 6.20 Å². The molecular weight excluding hydrogens is 250 g/mol. The molecule has 0 spiro atoms. The quantitative estimate of drug-likeness (QED) is 0.872. The van der Waals surface area contributed by atoms with Crippen molar-refractivity contribution in [1.82, 2.24) is 25.5 Å². The van der Waals surface area contributed by atoms with Crippen molar-refractivity contribution in [3.63, 3.8) is 0 Å². The summed E-state index contributed by atoms with van der Waals surface area (Å²) < 4.78 is 0. The summed E-state index contributed by atoms with van der Waals surface area (Å²) in [7, 11) is 0. The van der Waals surface area contributed by atoms with Crippen molar-refractivity contribution < 1.29 is 4.79 Å². The van der Waals surface area contributed by atoms with Gasteiger partial charge in [-0.05, 0) is 19.8 Å². The zero-order chi connectivity index (χ0) is 12.5. The normalized spacial score (nSPS) is 14.7. The molecule has 2 N–H and O–H groups in total. The predicted octanol–water partition coefficient (Wildman–Crippen LogP) is 1.38. The van der Waals surface area contributed by atoms with Crippen LogP contribution < -0.4 is 5.32 Å². The molecule has 0 radical (unpaired) electrons. The number of aromatic amines is 1. The molecule has 2 heterocycles. The summed E-state index contributed by atoms with van der Waals surface area (Å²) in [5.41, 5.74) is 0. The molecule has 6 nitrogen and oxygen atoms in total. The molecule has 0 unspecified atom stereocenters. The highest BCUT2D eigenvalue weighted by Gasteiger charge is 2.28. The number of nitrogens with one attached hydrogen (secondary N) is 2. The minimum Gasteiger partial charge on any atom is -0.343 e. The van der Waals surface area contributed by atoms with E-state index in [1.165, 1.54) is 0 Å². The molecule has 2 aromatic rings. The summed E-state index contributed by atoms with van der Waals surface area (Å²) in [6.07, 6.45) is 4.06. The van der Waals surface area contributed by atoms with Crippen LogP contribution in [0.2, 0.25) is 0 Å². The third kappa shape index (κ3) is 2.40. The third-order valence-electron chi connectivity index (χ3n) is 2.74. The van der Waals surface area contributed by atoms with Gasteiger partial charge in [-0.15, -0.1) is 16.4 Å². The number of hydrogen-bond acceptors (Lipinski definition) is 5. The van der Waals surface area contributed by atoms with Crippen LogP contribution in [0.4, 0.5) is 0 Å². The Morgan fingerprint density at radius 3 is 3.11 bits per heavy atom. The second-order valence-electron chi connectivity index (χ2n) is 4.37. The summed E-state index contributed by atoms with van der Waals surface area (Å²) in [6, 6.07) is 0. The van der Waals surface area contributed by atoms with Gasteiger partial charge in [0.15, 0.2) is 0 Å². The van der Waals surface area contributed by atoms with E-state index in [2.05, 4.69) is 25.5 Å². The Labute approximate surface area is 108 Å². The first-order valence-electron chi connectivity index (χ1n) is 5.84. The number of carbonyl (C=O) groups is 1. The van der Waals surface area contributed by atoms with Gasteiger partial charge in [-0.2, -0.15) is 0 Å². The number of aryl methyl sites for hydroxylation is 1. The van der Waals surface area contributed by atoms with E-state index in [9.17, 15) is 4.79 Å². The first kappa shape index (κ1) is 11.3. The van der Waals surface area contributed by atoms with Crippen LogP contribution >= 0.6 is 11.3 Å². The number of aromatic nitrogens is 4. The number of thiazole rings is 1. The first-order chi connectivity index (χ1) is 8.72. The van der Waals surface area contributed by atoms with E-state index in [-0.39, 0.29) is 11.7 Å². The van der Waals surface area contributed by atoms with Crippen LogP contribution in [0, 0.1) is 6.92 Å². The molecule has 94 valence electrons. The molecule has 1 saturated carbocycles. The van der Waals surface area contributed by atoms with Crippen LogP contribution in [0.5, 0.6) is 0 Å². The smallest absolute Gasteiger partial charge is 0.291 e. The lowest BCUT2D eigenvalue weighted by Crippen LogP contribution is -2.23. The van der Waals surface area contributed by atoms with Gasteiger partial charge in [0, 0.05) is 17.0 Å². The molecular formula is C11H13N5OS. The summed E-state index contributed by atoms with van der Waals surface area (Å²) in [5.74, 6) is 1.25. The maximum atomic E-state index is 11.8. The molecule has 18 heavy (non-hydrogen) atoms. The van der Waals surface area contributed by atoms with Crippen molar-refractivity contribution in [2.24, 2.45) is 0 Å². The summed E-state index contributed by atoms with van der Waals surface area (Å²) >= 11 is 1.57. The van der Waals surface area contributed by atoms with Crippen molar-refractivity contribution in [2.75, 3.05) is 0 Å². The van der Waals surface area contributed by atoms with Crippen LogP contribution in [0.1, 0.15) is 45.1 Å².